The molecule has 0 radical (unpaired) electrons. The van der Waals surface area contributed by atoms with Crippen LogP contribution in [0.5, 0.6) is 17.2 Å². The average molecular weight is 523 g/mol. The summed E-state index contributed by atoms with van der Waals surface area (Å²) in [6.45, 7) is 3.13. The molecule has 10 nitrogen and oxygen atoms in total. The molecule has 1 amide bonds. The lowest BCUT2D eigenvalue weighted by Gasteiger charge is -2.26. The number of carbonyl (C=O) groups excluding carboxylic acids is 1. The van der Waals surface area contributed by atoms with Crippen molar-refractivity contribution in [3.05, 3.63) is 48.5 Å². The van der Waals surface area contributed by atoms with E-state index in [-0.39, 0.29) is 26.3 Å². The van der Waals surface area contributed by atoms with E-state index in [0.29, 0.717) is 48.5 Å². The van der Waals surface area contributed by atoms with Crippen LogP contribution in [-0.2, 0) is 19.2 Å². The number of hydrogen-bond donors (Lipinski definition) is 1. The molecule has 0 aliphatic heterocycles. The highest BCUT2D eigenvalue weighted by Gasteiger charge is 2.30. The third kappa shape index (κ3) is 8.89. The van der Waals surface area contributed by atoms with E-state index in [9.17, 15) is 13.2 Å². The van der Waals surface area contributed by atoms with Gasteiger partial charge in [0, 0.05) is 20.2 Å². The lowest BCUT2D eigenvalue weighted by atomic mass is 10.2. The molecule has 0 bridgehead atoms. The fourth-order valence-electron chi connectivity index (χ4n) is 3.27. The maximum atomic E-state index is 13.1. The Hall–Kier alpha value is -3.02. The van der Waals surface area contributed by atoms with Crippen molar-refractivity contribution in [2.45, 2.75) is 26.2 Å². The SMILES string of the molecule is CCCN(C(=O)OS(=O)(=O)NCCOc1ccccc1)c1c(OCCOC)cccc1OCC1CC1. The van der Waals surface area contributed by atoms with E-state index in [1.807, 2.05) is 25.1 Å². The highest BCUT2D eigenvalue weighted by Crippen LogP contribution is 2.40. The van der Waals surface area contributed by atoms with Gasteiger partial charge in [-0.05, 0) is 49.4 Å². The van der Waals surface area contributed by atoms with Crippen LogP contribution in [-0.4, -0.2) is 61.1 Å². The van der Waals surface area contributed by atoms with E-state index < -0.39 is 16.4 Å². The minimum absolute atomic E-state index is 0.0643. The third-order valence-corrected chi connectivity index (χ3v) is 6.11. The van der Waals surface area contributed by atoms with E-state index in [4.69, 9.17) is 23.1 Å². The van der Waals surface area contributed by atoms with E-state index in [0.717, 1.165) is 12.8 Å². The van der Waals surface area contributed by atoms with E-state index in [1.165, 1.54) is 4.90 Å². The summed E-state index contributed by atoms with van der Waals surface area (Å²) in [5.74, 6) is 1.87. The van der Waals surface area contributed by atoms with Crippen molar-refractivity contribution >= 4 is 22.1 Å². The number of nitrogens with zero attached hydrogens (tertiary/aromatic N) is 1. The maximum absolute atomic E-state index is 13.1. The zero-order valence-corrected chi connectivity index (χ0v) is 21.5. The Labute approximate surface area is 212 Å². The van der Waals surface area contributed by atoms with Crippen molar-refractivity contribution in [2.75, 3.05) is 51.5 Å². The zero-order valence-electron chi connectivity index (χ0n) is 20.7. The first-order chi connectivity index (χ1) is 17.4. The van der Waals surface area contributed by atoms with E-state index >= 15 is 0 Å². The molecule has 0 spiro atoms. The number of hydrogen-bond acceptors (Lipinski definition) is 8. The predicted molar refractivity (Wildman–Crippen MR) is 135 cm³/mol. The molecule has 1 aliphatic rings. The van der Waals surface area contributed by atoms with Crippen molar-refractivity contribution in [3.8, 4) is 17.2 Å². The molecule has 0 heterocycles. The minimum Gasteiger partial charge on any atom is -0.492 e. The van der Waals surface area contributed by atoms with Gasteiger partial charge in [-0.15, -0.1) is 0 Å². The highest BCUT2D eigenvalue weighted by atomic mass is 32.2. The Morgan fingerprint density at radius 2 is 1.69 bits per heavy atom. The molecule has 1 aliphatic carbocycles. The first-order valence-corrected chi connectivity index (χ1v) is 13.4. The lowest BCUT2D eigenvalue weighted by Crippen LogP contribution is -2.39. The smallest absolute Gasteiger partial charge is 0.431 e. The molecular formula is C25H34N2O8S. The van der Waals surface area contributed by atoms with Gasteiger partial charge in [0.2, 0.25) is 0 Å². The Kier molecular flexibility index (Phi) is 10.6. The number of carbonyl (C=O) groups is 1. The van der Waals surface area contributed by atoms with E-state index in [2.05, 4.69) is 4.72 Å². The van der Waals surface area contributed by atoms with Gasteiger partial charge in [-0.3, -0.25) is 4.90 Å². The van der Waals surface area contributed by atoms with Gasteiger partial charge in [-0.25, -0.2) is 4.79 Å². The van der Waals surface area contributed by atoms with Gasteiger partial charge >= 0.3 is 16.4 Å². The molecular weight excluding hydrogens is 488 g/mol. The monoisotopic (exact) mass is 522 g/mol. The van der Waals surface area contributed by atoms with Gasteiger partial charge in [0.1, 0.15) is 36.1 Å². The molecule has 2 aromatic rings. The first kappa shape index (κ1) is 27.6. The summed E-state index contributed by atoms with van der Waals surface area (Å²) >= 11 is 0. The highest BCUT2D eigenvalue weighted by molar-refractivity contribution is 7.85. The van der Waals surface area contributed by atoms with E-state index in [1.54, 1.807) is 37.4 Å². The number of para-hydroxylation sites is 2. The molecule has 2 aromatic carbocycles. The number of methoxy groups -OCH3 is 1. The molecule has 1 N–H and O–H groups in total. The summed E-state index contributed by atoms with van der Waals surface area (Å²) in [5, 5.41) is 0. The van der Waals surface area contributed by atoms with Crippen molar-refractivity contribution in [1.82, 2.24) is 4.72 Å². The van der Waals surface area contributed by atoms with Crippen LogP contribution in [0.2, 0.25) is 0 Å². The van der Waals surface area contributed by atoms with Gasteiger partial charge in [0.25, 0.3) is 0 Å². The largest absolute Gasteiger partial charge is 0.492 e. The van der Waals surface area contributed by atoms with Gasteiger partial charge in [0.15, 0.2) is 0 Å². The van der Waals surface area contributed by atoms with Crippen LogP contribution in [0.4, 0.5) is 10.5 Å². The topological polar surface area (TPSA) is 113 Å². The second-order valence-corrected chi connectivity index (χ2v) is 9.57. The average Bonchev–Trinajstić information content (AvgIpc) is 3.69. The molecule has 3 rings (SSSR count). The lowest BCUT2D eigenvalue weighted by molar-refractivity contribution is 0.146. The summed E-state index contributed by atoms with van der Waals surface area (Å²) in [4.78, 5) is 14.3. The Morgan fingerprint density at radius 1 is 0.972 bits per heavy atom. The molecule has 1 fully saturated rings. The molecule has 11 heteroatoms. The number of rotatable bonds is 16. The third-order valence-electron chi connectivity index (χ3n) is 5.19. The molecule has 0 atom stereocenters. The molecule has 0 saturated heterocycles. The van der Waals surface area contributed by atoms with Crippen LogP contribution < -0.4 is 23.8 Å². The summed E-state index contributed by atoms with van der Waals surface area (Å²) in [6, 6.07) is 14.2. The number of benzene rings is 2. The second kappa shape index (κ2) is 13.9. The minimum atomic E-state index is -4.39. The second-order valence-electron chi connectivity index (χ2n) is 8.21. The normalized spacial score (nSPS) is 13.2. The van der Waals surface area contributed by atoms with Crippen molar-refractivity contribution < 1.29 is 36.3 Å². The molecule has 0 unspecified atom stereocenters. The van der Waals surface area contributed by atoms with Gasteiger partial charge in [0.05, 0.1) is 13.2 Å². The van der Waals surface area contributed by atoms with Gasteiger partial charge in [-0.1, -0.05) is 31.2 Å². The number of ether oxygens (including phenoxy) is 4. The Bertz CT molecular complexity index is 1060. The fourth-order valence-corrected chi connectivity index (χ4v) is 3.94. The van der Waals surface area contributed by atoms with Crippen molar-refractivity contribution in [1.29, 1.82) is 0 Å². The quantitative estimate of drug-likeness (QED) is 0.332. The molecule has 36 heavy (non-hydrogen) atoms. The maximum Gasteiger partial charge on any atom is 0.431 e. The number of amides is 1. The summed E-state index contributed by atoms with van der Waals surface area (Å²) in [5.41, 5.74) is 0.323. The van der Waals surface area contributed by atoms with Crippen molar-refractivity contribution in [3.63, 3.8) is 0 Å². The van der Waals surface area contributed by atoms with Crippen LogP contribution >= 0.6 is 0 Å². The summed E-state index contributed by atoms with van der Waals surface area (Å²) in [6.07, 6.45) is 1.67. The Morgan fingerprint density at radius 3 is 2.36 bits per heavy atom. The Balaban J connectivity index is 1.70. The molecule has 198 valence electrons. The van der Waals surface area contributed by atoms with Crippen LogP contribution in [0.15, 0.2) is 48.5 Å². The fraction of sp³-hybridized carbons (Fsp3) is 0.480. The van der Waals surface area contributed by atoms with Crippen molar-refractivity contribution in [2.24, 2.45) is 5.92 Å². The number of nitrogens with one attached hydrogen (secondary N) is 1. The standard InChI is InChI=1S/C25H34N2O8S/c1-3-15-27(25(28)35-36(29,30)26-14-16-32-21-8-5-4-6-9-21)24-22(33-18-17-31-2)10-7-11-23(24)34-19-20-12-13-20/h4-11,20,26H,3,12-19H2,1-2H3. The number of anilines is 1. The zero-order chi connectivity index (χ0) is 25.8. The molecule has 1 saturated carbocycles. The van der Waals surface area contributed by atoms with Gasteiger partial charge in [-0.2, -0.15) is 13.1 Å². The molecule has 0 aromatic heterocycles. The van der Waals surface area contributed by atoms with Crippen LogP contribution in [0, 0.1) is 5.92 Å². The predicted octanol–water partition coefficient (Wildman–Crippen LogP) is 3.77. The summed E-state index contributed by atoms with van der Waals surface area (Å²) < 4.78 is 54.4. The first-order valence-electron chi connectivity index (χ1n) is 12.0. The van der Waals surface area contributed by atoms with Crippen LogP contribution in [0.3, 0.4) is 0 Å². The van der Waals surface area contributed by atoms with Gasteiger partial charge < -0.3 is 23.1 Å². The summed E-state index contributed by atoms with van der Waals surface area (Å²) in [7, 11) is -2.83. The van der Waals surface area contributed by atoms with Crippen LogP contribution in [0.25, 0.3) is 0 Å². The van der Waals surface area contributed by atoms with Crippen LogP contribution in [0.1, 0.15) is 26.2 Å².